The molecule has 8 nitrogen and oxygen atoms in total. The quantitative estimate of drug-likeness (QED) is 0.479. The van der Waals surface area contributed by atoms with Gasteiger partial charge in [-0.3, -0.25) is 14.9 Å². The van der Waals surface area contributed by atoms with E-state index in [0.717, 1.165) is 12.3 Å². The summed E-state index contributed by atoms with van der Waals surface area (Å²) in [5.41, 5.74) is 2.12. The Morgan fingerprint density at radius 1 is 1.30 bits per heavy atom. The molecule has 0 aliphatic rings. The molecule has 0 aliphatic heterocycles. The smallest absolute Gasteiger partial charge is 0.277 e. The number of amides is 1. The lowest BCUT2D eigenvalue weighted by molar-refractivity contribution is -0.384. The van der Waals surface area contributed by atoms with Crippen LogP contribution in [0.15, 0.2) is 53.6 Å². The summed E-state index contributed by atoms with van der Waals surface area (Å²) >= 11 is 0. The lowest BCUT2D eigenvalue weighted by Gasteiger charge is -2.04. The van der Waals surface area contributed by atoms with E-state index in [1.54, 1.807) is 24.3 Å². The number of non-ortho nitro benzene ring substituents is 1. The minimum Gasteiger partial charge on any atom is -0.507 e. The first-order valence-electron chi connectivity index (χ1n) is 6.53. The van der Waals surface area contributed by atoms with E-state index < -0.39 is 10.8 Å². The van der Waals surface area contributed by atoms with Crippen LogP contribution in [0.25, 0.3) is 0 Å². The number of hydrogen-bond acceptors (Lipinski definition) is 6. The van der Waals surface area contributed by atoms with Crippen molar-refractivity contribution in [1.29, 1.82) is 0 Å². The van der Waals surface area contributed by atoms with Crippen LogP contribution in [-0.2, 0) is 4.79 Å². The van der Waals surface area contributed by atoms with Gasteiger partial charge >= 0.3 is 0 Å². The molecule has 2 rings (SSSR count). The molecule has 2 aromatic rings. The highest BCUT2D eigenvalue weighted by Crippen LogP contribution is 2.21. The van der Waals surface area contributed by atoms with Gasteiger partial charge in [0.1, 0.15) is 11.5 Å². The molecule has 0 saturated carbocycles. The Bertz CT molecular complexity index is 731. The molecule has 0 aliphatic carbocycles. The summed E-state index contributed by atoms with van der Waals surface area (Å²) in [5.74, 6) is -0.146. The van der Waals surface area contributed by atoms with Crippen molar-refractivity contribution in [3.63, 3.8) is 0 Å². The first-order chi connectivity index (χ1) is 11.1. The van der Waals surface area contributed by atoms with E-state index in [1.165, 1.54) is 12.1 Å². The standard InChI is InChI=1S/C15H13N3O5/c19-14-7-6-12(18(21)22)8-11(14)9-16-17-15(20)10-23-13-4-2-1-3-5-13/h1-9,19H,10H2,(H,17,20). The van der Waals surface area contributed by atoms with Gasteiger partial charge in [-0.15, -0.1) is 0 Å². The topological polar surface area (TPSA) is 114 Å². The van der Waals surface area contributed by atoms with Crippen molar-refractivity contribution < 1.29 is 19.6 Å². The number of benzene rings is 2. The van der Waals surface area contributed by atoms with Crippen LogP contribution in [0, 0.1) is 10.1 Å². The molecular weight excluding hydrogens is 302 g/mol. The monoisotopic (exact) mass is 315 g/mol. The third-order valence-electron chi connectivity index (χ3n) is 2.73. The van der Waals surface area contributed by atoms with E-state index in [2.05, 4.69) is 10.5 Å². The molecule has 2 aromatic carbocycles. The lowest BCUT2D eigenvalue weighted by atomic mass is 10.2. The second-order valence-corrected chi connectivity index (χ2v) is 4.40. The summed E-state index contributed by atoms with van der Waals surface area (Å²) in [5, 5.41) is 23.9. The van der Waals surface area contributed by atoms with E-state index >= 15 is 0 Å². The predicted molar refractivity (Wildman–Crippen MR) is 82.4 cm³/mol. The molecule has 0 bridgehead atoms. The van der Waals surface area contributed by atoms with Gasteiger partial charge < -0.3 is 9.84 Å². The number of phenols is 1. The Balaban J connectivity index is 1.90. The maximum Gasteiger partial charge on any atom is 0.277 e. The van der Waals surface area contributed by atoms with Gasteiger partial charge in [0.25, 0.3) is 11.6 Å². The SMILES string of the molecule is O=C(COc1ccccc1)NN=Cc1cc([N+](=O)[O-])ccc1O. The Labute approximate surface area is 131 Å². The molecule has 118 valence electrons. The number of phenolic OH excluding ortho intramolecular Hbond substituents is 1. The minimum atomic E-state index is -0.594. The second-order valence-electron chi connectivity index (χ2n) is 4.40. The third-order valence-corrected chi connectivity index (χ3v) is 2.73. The van der Waals surface area contributed by atoms with Gasteiger partial charge in [-0.1, -0.05) is 18.2 Å². The van der Waals surface area contributed by atoms with E-state index in [1.807, 2.05) is 6.07 Å². The van der Waals surface area contributed by atoms with Crippen LogP contribution in [0.5, 0.6) is 11.5 Å². The molecular formula is C15H13N3O5. The van der Waals surface area contributed by atoms with Crippen molar-refractivity contribution >= 4 is 17.8 Å². The summed E-state index contributed by atoms with van der Waals surface area (Å²) in [6.45, 7) is -0.234. The zero-order chi connectivity index (χ0) is 16.7. The predicted octanol–water partition coefficient (Wildman–Crippen LogP) is 1.83. The maximum absolute atomic E-state index is 11.5. The molecule has 0 spiro atoms. The molecule has 0 saturated heterocycles. The van der Waals surface area contributed by atoms with E-state index in [-0.39, 0.29) is 23.6 Å². The summed E-state index contributed by atoms with van der Waals surface area (Å²) < 4.78 is 5.22. The number of hydrazone groups is 1. The fourth-order valence-corrected chi connectivity index (χ4v) is 1.63. The third kappa shape index (κ3) is 4.81. The summed E-state index contributed by atoms with van der Waals surface area (Å²) in [6, 6.07) is 12.3. The Kier molecular flexibility index (Phi) is 5.24. The van der Waals surface area contributed by atoms with Crippen LogP contribution in [0.2, 0.25) is 0 Å². The van der Waals surface area contributed by atoms with Gasteiger partial charge in [0, 0.05) is 17.7 Å². The average molecular weight is 315 g/mol. The van der Waals surface area contributed by atoms with Gasteiger partial charge in [0.15, 0.2) is 6.61 Å². The number of hydrogen-bond donors (Lipinski definition) is 2. The first-order valence-corrected chi connectivity index (χ1v) is 6.53. The Morgan fingerprint density at radius 3 is 2.74 bits per heavy atom. The normalized spacial score (nSPS) is 10.4. The van der Waals surface area contributed by atoms with Crippen molar-refractivity contribution in [2.45, 2.75) is 0 Å². The van der Waals surface area contributed by atoms with Crippen LogP contribution >= 0.6 is 0 Å². The number of ether oxygens (including phenoxy) is 1. The molecule has 0 atom stereocenters. The second kappa shape index (κ2) is 7.55. The Hall–Kier alpha value is -3.42. The molecule has 0 heterocycles. The highest BCUT2D eigenvalue weighted by Gasteiger charge is 2.09. The van der Waals surface area contributed by atoms with Gasteiger partial charge in [-0.2, -0.15) is 5.10 Å². The fraction of sp³-hybridized carbons (Fsp3) is 0.0667. The first kappa shape index (κ1) is 16.0. The number of carbonyl (C=O) groups is 1. The highest BCUT2D eigenvalue weighted by molar-refractivity contribution is 5.86. The van der Waals surface area contributed by atoms with Gasteiger partial charge in [0.2, 0.25) is 0 Å². The minimum absolute atomic E-state index is 0.114. The molecule has 0 fully saturated rings. The van der Waals surface area contributed by atoms with Gasteiger partial charge in [-0.05, 0) is 18.2 Å². The van der Waals surface area contributed by atoms with Crippen molar-refractivity contribution in [3.05, 3.63) is 64.2 Å². The number of nitro benzene ring substituents is 1. The van der Waals surface area contributed by atoms with Gasteiger partial charge in [0.05, 0.1) is 11.1 Å². The maximum atomic E-state index is 11.5. The Morgan fingerprint density at radius 2 is 2.04 bits per heavy atom. The van der Waals surface area contributed by atoms with Crippen molar-refractivity contribution in [2.75, 3.05) is 6.61 Å². The molecule has 1 amide bonds. The largest absolute Gasteiger partial charge is 0.507 e. The highest BCUT2D eigenvalue weighted by atomic mass is 16.6. The summed E-state index contributed by atoms with van der Waals surface area (Å²) in [4.78, 5) is 21.6. The van der Waals surface area contributed by atoms with Crippen LogP contribution < -0.4 is 10.2 Å². The van der Waals surface area contributed by atoms with Crippen molar-refractivity contribution in [2.24, 2.45) is 5.10 Å². The number of aromatic hydroxyl groups is 1. The van der Waals surface area contributed by atoms with Crippen molar-refractivity contribution in [3.8, 4) is 11.5 Å². The molecule has 2 N–H and O–H groups in total. The van der Waals surface area contributed by atoms with Crippen LogP contribution in [-0.4, -0.2) is 28.8 Å². The molecule has 0 aromatic heterocycles. The van der Waals surface area contributed by atoms with E-state index in [9.17, 15) is 20.0 Å². The number of para-hydroxylation sites is 1. The van der Waals surface area contributed by atoms with Crippen LogP contribution in [0.3, 0.4) is 0 Å². The van der Waals surface area contributed by atoms with Gasteiger partial charge in [-0.25, -0.2) is 5.43 Å². The number of rotatable bonds is 6. The molecule has 0 radical (unpaired) electrons. The fourth-order valence-electron chi connectivity index (χ4n) is 1.63. The van der Waals surface area contributed by atoms with Crippen LogP contribution in [0.1, 0.15) is 5.56 Å². The molecule has 0 unspecified atom stereocenters. The number of nitro groups is 1. The summed E-state index contributed by atoms with van der Waals surface area (Å²) in [7, 11) is 0. The van der Waals surface area contributed by atoms with Crippen molar-refractivity contribution in [1.82, 2.24) is 5.43 Å². The zero-order valence-corrected chi connectivity index (χ0v) is 11.9. The lowest BCUT2D eigenvalue weighted by Crippen LogP contribution is -2.24. The number of nitrogens with one attached hydrogen (secondary N) is 1. The zero-order valence-electron chi connectivity index (χ0n) is 11.9. The number of nitrogens with zero attached hydrogens (tertiary/aromatic N) is 2. The summed E-state index contributed by atoms with van der Waals surface area (Å²) in [6.07, 6.45) is 1.11. The van der Waals surface area contributed by atoms with E-state index in [4.69, 9.17) is 4.74 Å². The number of carbonyl (C=O) groups excluding carboxylic acids is 1. The molecule has 23 heavy (non-hydrogen) atoms. The molecule has 8 heteroatoms. The van der Waals surface area contributed by atoms with E-state index in [0.29, 0.717) is 5.75 Å². The van der Waals surface area contributed by atoms with Crippen LogP contribution in [0.4, 0.5) is 5.69 Å². The average Bonchev–Trinajstić information content (AvgIpc) is 2.55.